The van der Waals surface area contributed by atoms with Crippen molar-refractivity contribution < 1.29 is 0 Å². The molecule has 0 aliphatic rings. The van der Waals surface area contributed by atoms with E-state index in [1.54, 1.807) is 0 Å². The van der Waals surface area contributed by atoms with E-state index >= 15 is 0 Å². The first-order valence-corrected chi connectivity index (χ1v) is 5.64. The van der Waals surface area contributed by atoms with Crippen LogP contribution in [0, 0.1) is 0 Å². The van der Waals surface area contributed by atoms with Gasteiger partial charge in [-0.05, 0) is 30.2 Å². The molecule has 0 amide bonds. The van der Waals surface area contributed by atoms with Crippen molar-refractivity contribution in [2.75, 3.05) is 0 Å². The van der Waals surface area contributed by atoms with Gasteiger partial charge in [-0.3, -0.25) is 0 Å². The van der Waals surface area contributed by atoms with E-state index in [1.165, 1.54) is 5.39 Å². The average molecular weight is 302 g/mol. The lowest BCUT2D eigenvalue weighted by molar-refractivity contribution is 0.748. The lowest BCUT2D eigenvalue weighted by Gasteiger charge is -2.07. The lowest BCUT2D eigenvalue weighted by Crippen LogP contribution is -2.08. The monoisotopic (exact) mass is 300 g/mol. The number of fused-ring (bicyclic) bond motifs is 1. The number of benzene rings is 1. The Morgan fingerprint density at radius 1 is 1.50 bits per heavy atom. The molecule has 0 fully saturated rings. The number of nitrogens with two attached hydrogens (primary N) is 1. The third-order valence-electron chi connectivity index (χ3n) is 2.50. The zero-order valence-electron chi connectivity index (χ0n) is 8.74. The first-order valence-electron chi connectivity index (χ1n) is 4.85. The minimum absolute atomic E-state index is 0. The summed E-state index contributed by atoms with van der Waals surface area (Å²) < 4.78 is 1.07. The maximum atomic E-state index is 6.06. The van der Waals surface area contributed by atoms with Gasteiger partial charge in [-0.25, -0.2) is 0 Å². The first-order chi connectivity index (χ1) is 7.22. The Kier molecular flexibility index (Phi) is 4.59. The van der Waals surface area contributed by atoms with Gasteiger partial charge in [0.1, 0.15) is 0 Å². The summed E-state index contributed by atoms with van der Waals surface area (Å²) >= 11 is 3.46. The van der Waals surface area contributed by atoms with E-state index in [-0.39, 0.29) is 18.4 Å². The molecule has 1 atom stereocenters. The Morgan fingerprint density at radius 2 is 2.25 bits per heavy atom. The van der Waals surface area contributed by atoms with E-state index in [0.717, 1.165) is 22.0 Å². The predicted octanol–water partition coefficient (Wildman–Crippen LogP) is 3.93. The van der Waals surface area contributed by atoms with Crippen molar-refractivity contribution in [2.24, 2.45) is 5.73 Å². The van der Waals surface area contributed by atoms with E-state index in [0.29, 0.717) is 0 Å². The van der Waals surface area contributed by atoms with Crippen molar-refractivity contribution in [3.05, 3.63) is 47.1 Å². The van der Waals surface area contributed by atoms with Gasteiger partial charge < -0.3 is 10.7 Å². The Morgan fingerprint density at radius 3 is 2.94 bits per heavy atom. The molecule has 86 valence electrons. The van der Waals surface area contributed by atoms with Crippen molar-refractivity contribution >= 4 is 39.2 Å². The standard InChI is InChI=1S/C12H13BrN2.ClH/c1-2-3-11(14)10-7-15-12-5-4-8(13)6-9(10)12;/h2,4-7,11,15H,1,3,14H2;1H/t11-;/m1./s1. The average Bonchev–Trinajstić information content (AvgIpc) is 2.60. The number of hydrogen-bond acceptors (Lipinski definition) is 1. The largest absolute Gasteiger partial charge is 0.361 e. The van der Waals surface area contributed by atoms with Crippen LogP contribution in [0.2, 0.25) is 0 Å². The molecule has 0 saturated carbocycles. The molecule has 0 bridgehead atoms. The third kappa shape index (κ3) is 2.48. The van der Waals surface area contributed by atoms with Gasteiger partial charge in [-0.1, -0.05) is 22.0 Å². The second kappa shape index (κ2) is 5.53. The first kappa shape index (κ1) is 13.3. The minimum atomic E-state index is 0. The summed E-state index contributed by atoms with van der Waals surface area (Å²) in [6, 6.07) is 6.17. The highest BCUT2D eigenvalue weighted by molar-refractivity contribution is 9.10. The molecule has 1 heterocycles. The molecule has 2 nitrogen and oxygen atoms in total. The minimum Gasteiger partial charge on any atom is -0.361 e. The molecule has 0 aliphatic carbocycles. The lowest BCUT2D eigenvalue weighted by atomic mass is 10.0. The molecule has 3 N–H and O–H groups in total. The van der Waals surface area contributed by atoms with Crippen LogP contribution < -0.4 is 5.73 Å². The van der Waals surface area contributed by atoms with Crippen LogP contribution in [0.25, 0.3) is 10.9 Å². The molecule has 1 aromatic carbocycles. The molecule has 2 rings (SSSR count). The maximum absolute atomic E-state index is 6.06. The fourth-order valence-electron chi connectivity index (χ4n) is 1.73. The van der Waals surface area contributed by atoms with Crippen LogP contribution in [0.4, 0.5) is 0 Å². The summed E-state index contributed by atoms with van der Waals surface area (Å²) in [5, 5.41) is 1.18. The van der Waals surface area contributed by atoms with E-state index in [2.05, 4.69) is 33.6 Å². The summed E-state index contributed by atoms with van der Waals surface area (Å²) in [6.45, 7) is 3.71. The van der Waals surface area contributed by atoms with Crippen LogP contribution >= 0.6 is 28.3 Å². The second-order valence-corrected chi connectivity index (χ2v) is 4.48. The predicted molar refractivity (Wildman–Crippen MR) is 75.0 cm³/mol. The fourth-order valence-corrected chi connectivity index (χ4v) is 2.09. The van der Waals surface area contributed by atoms with Crippen LogP contribution in [0.5, 0.6) is 0 Å². The number of halogens is 2. The zero-order chi connectivity index (χ0) is 10.8. The summed E-state index contributed by atoms with van der Waals surface area (Å²) in [6.07, 6.45) is 4.62. The molecule has 0 aliphatic heterocycles. The van der Waals surface area contributed by atoms with Gasteiger partial charge in [0.15, 0.2) is 0 Å². The highest BCUT2D eigenvalue weighted by Crippen LogP contribution is 2.27. The van der Waals surface area contributed by atoms with Crippen molar-refractivity contribution in [3.63, 3.8) is 0 Å². The quantitative estimate of drug-likeness (QED) is 0.829. The van der Waals surface area contributed by atoms with Crippen LogP contribution in [0.1, 0.15) is 18.0 Å². The number of nitrogens with one attached hydrogen (secondary N) is 1. The summed E-state index contributed by atoms with van der Waals surface area (Å²) in [4.78, 5) is 3.22. The van der Waals surface area contributed by atoms with Gasteiger partial charge in [0.05, 0.1) is 0 Å². The van der Waals surface area contributed by atoms with Crippen LogP contribution in [0.15, 0.2) is 41.5 Å². The Hall–Kier alpha value is -0.770. The molecule has 0 unspecified atom stereocenters. The van der Waals surface area contributed by atoms with E-state index in [4.69, 9.17) is 5.73 Å². The van der Waals surface area contributed by atoms with Crippen LogP contribution in [-0.2, 0) is 0 Å². The van der Waals surface area contributed by atoms with E-state index in [9.17, 15) is 0 Å². The van der Waals surface area contributed by atoms with Crippen molar-refractivity contribution in [1.82, 2.24) is 4.98 Å². The Labute approximate surface area is 109 Å². The number of aromatic amines is 1. The highest BCUT2D eigenvalue weighted by Gasteiger charge is 2.10. The van der Waals surface area contributed by atoms with Crippen LogP contribution in [0.3, 0.4) is 0 Å². The van der Waals surface area contributed by atoms with Crippen molar-refractivity contribution in [2.45, 2.75) is 12.5 Å². The topological polar surface area (TPSA) is 41.8 Å². The molecule has 0 spiro atoms. The van der Waals surface area contributed by atoms with Gasteiger partial charge >= 0.3 is 0 Å². The summed E-state index contributed by atoms with van der Waals surface area (Å²) in [7, 11) is 0. The van der Waals surface area contributed by atoms with Gasteiger partial charge in [0.2, 0.25) is 0 Å². The smallest absolute Gasteiger partial charge is 0.0458 e. The van der Waals surface area contributed by atoms with Crippen molar-refractivity contribution in [3.8, 4) is 0 Å². The second-order valence-electron chi connectivity index (χ2n) is 3.56. The SMILES string of the molecule is C=CC[C@@H](N)c1c[nH]c2ccc(Br)cc12.Cl. The normalized spacial score (nSPS) is 12.1. The van der Waals surface area contributed by atoms with Gasteiger partial charge in [-0.15, -0.1) is 19.0 Å². The molecule has 0 radical (unpaired) electrons. The Bertz CT molecular complexity index is 493. The van der Waals surface area contributed by atoms with Crippen molar-refractivity contribution in [1.29, 1.82) is 0 Å². The number of hydrogen-bond donors (Lipinski definition) is 2. The molecular weight excluding hydrogens is 288 g/mol. The number of H-pyrrole nitrogens is 1. The van der Waals surface area contributed by atoms with Gasteiger partial charge in [-0.2, -0.15) is 0 Å². The van der Waals surface area contributed by atoms with Gasteiger partial charge in [0.25, 0.3) is 0 Å². The Balaban J connectivity index is 0.00000128. The zero-order valence-corrected chi connectivity index (χ0v) is 11.1. The molecule has 1 aromatic heterocycles. The molecular formula is C12H14BrClN2. The molecule has 16 heavy (non-hydrogen) atoms. The van der Waals surface area contributed by atoms with E-state index < -0.39 is 0 Å². The fraction of sp³-hybridized carbons (Fsp3) is 0.167. The van der Waals surface area contributed by atoms with E-state index in [1.807, 2.05) is 24.4 Å². The number of rotatable bonds is 3. The molecule has 2 aromatic rings. The third-order valence-corrected chi connectivity index (χ3v) is 2.99. The molecule has 4 heteroatoms. The number of aromatic nitrogens is 1. The highest BCUT2D eigenvalue weighted by atomic mass is 79.9. The van der Waals surface area contributed by atoms with Gasteiger partial charge in [0, 0.05) is 27.6 Å². The molecule has 0 saturated heterocycles. The maximum Gasteiger partial charge on any atom is 0.0458 e. The summed E-state index contributed by atoms with van der Waals surface area (Å²) in [5.74, 6) is 0. The van der Waals surface area contributed by atoms with Crippen LogP contribution in [-0.4, -0.2) is 4.98 Å². The summed E-state index contributed by atoms with van der Waals surface area (Å²) in [5.41, 5.74) is 8.32.